The molecule has 1 saturated heterocycles. The summed E-state index contributed by atoms with van der Waals surface area (Å²) >= 11 is 6.12. The maximum atomic E-state index is 11.8. The smallest absolute Gasteiger partial charge is 0.306 e. The Balaban J connectivity index is 1.45. The first-order chi connectivity index (χ1) is 18.7. The van der Waals surface area contributed by atoms with Crippen molar-refractivity contribution < 1.29 is 29.3 Å². The van der Waals surface area contributed by atoms with E-state index in [2.05, 4.69) is 11.8 Å². The van der Waals surface area contributed by atoms with Crippen molar-refractivity contribution in [3.8, 4) is 5.75 Å². The highest BCUT2D eigenvalue weighted by Crippen LogP contribution is 2.33. The van der Waals surface area contributed by atoms with Crippen molar-refractivity contribution in [1.29, 1.82) is 0 Å². The minimum atomic E-state index is -0.697. The molecule has 4 rings (SSSR count). The van der Waals surface area contributed by atoms with Crippen molar-refractivity contribution in [2.45, 2.75) is 64.6 Å². The maximum Gasteiger partial charge on any atom is 0.306 e. The maximum absolute atomic E-state index is 11.8. The number of rotatable bonds is 12. The zero-order valence-corrected chi connectivity index (χ0v) is 23.1. The summed E-state index contributed by atoms with van der Waals surface area (Å²) in [5.74, 6) is -0.349. The van der Waals surface area contributed by atoms with Gasteiger partial charge in [-0.05, 0) is 73.9 Å². The van der Waals surface area contributed by atoms with Crippen molar-refractivity contribution in [2.24, 2.45) is 11.8 Å². The van der Waals surface area contributed by atoms with Crippen molar-refractivity contribution in [3.63, 3.8) is 0 Å². The first-order valence-corrected chi connectivity index (χ1v) is 14.0. The van der Waals surface area contributed by atoms with Gasteiger partial charge in [0.2, 0.25) is 11.8 Å². The lowest BCUT2D eigenvalue weighted by Crippen LogP contribution is -2.34. The summed E-state index contributed by atoms with van der Waals surface area (Å²) in [4.78, 5) is 38.7. The third kappa shape index (κ3) is 7.59. The van der Waals surface area contributed by atoms with Gasteiger partial charge >= 0.3 is 5.97 Å². The lowest BCUT2D eigenvalue weighted by molar-refractivity contribution is -0.143. The highest BCUT2D eigenvalue weighted by atomic mass is 35.5. The number of carboxylic acid groups (broad SMARTS) is 1. The number of aliphatic hydroxyl groups is 1. The van der Waals surface area contributed by atoms with Crippen LogP contribution in [-0.2, 0) is 27.5 Å². The van der Waals surface area contributed by atoms with Gasteiger partial charge in [0.15, 0.2) is 0 Å². The van der Waals surface area contributed by atoms with Crippen LogP contribution in [0.2, 0.25) is 5.02 Å². The fraction of sp³-hybridized carbons (Fsp3) is 0.500. The molecule has 2 aliphatic rings. The van der Waals surface area contributed by atoms with E-state index in [1.807, 2.05) is 42.5 Å². The number of nitrogens with zero attached hydrogens (tertiary/aromatic N) is 2. The van der Waals surface area contributed by atoms with Crippen LogP contribution in [0.5, 0.6) is 5.75 Å². The van der Waals surface area contributed by atoms with Gasteiger partial charge < -0.3 is 14.9 Å². The fourth-order valence-electron chi connectivity index (χ4n) is 5.58. The van der Waals surface area contributed by atoms with Crippen molar-refractivity contribution >= 4 is 29.4 Å². The molecule has 1 aliphatic carbocycles. The summed E-state index contributed by atoms with van der Waals surface area (Å²) in [7, 11) is 0. The van der Waals surface area contributed by atoms with Crippen LogP contribution in [0.4, 0.5) is 0 Å². The molecule has 2 aromatic rings. The van der Waals surface area contributed by atoms with Gasteiger partial charge in [-0.15, -0.1) is 0 Å². The van der Waals surface area contributed by atoms with Gasteiger partial charge in [0.05, 0.1) is 19.1 Å². The SMILES string of the molecule is C[C@@H](c1ccc(Cl)cc1)N(Cc1ccc(OCCN2C(=O)CCC2=O)c(CO)c1)C[C@H]1CC[C@H](C(=O)O)CC1. The zero-order valence-electron chi connectivity index (χ0n) is 22.4. The van der Waals surface area contributed by atoms with Crippen LogP contribution in [0, 0.1) is 11.8 Å². The molecule has 1 atom stereocenters. The Morgan fingerprint density at radius 3 is 2.36 bits per heavy atom. The summed E-state index contributed by atoms with van der Waals surface area (Å²) in [6, 6.07) is 13.7. The number of halogens is 1. The van der Waals surface area contributed by atoms with Gasteiger partial charge in [0.1, 0.15) is 12.4 Å². The molecule has 1 saturated carbocycles. The number of ether oxygens (including phenoxy) is 1. The molecule has 0 aromatic heterocycles. The summed E-state index contributed by atoms with van der Waals surface area (Å²) in [6.45, 7) is 3.81. The minimum Gasteiger partial charge on any atom is -0.491 e. The van der Waals surface area contributed by atoms with Crippen LogP contribution in [0.1, 0.15) is 68.2 Å². The number of aliphatic carboxylic acids is 1. The predicted molar refractivity (Wildman–Crippen MR) is 147 cm³/mol. The number of carboxylic acids is 1. The number of carbonyl (C=O) groups excluding carboxylic acids is 2. The molecule has 8 nitrogen and oxygen atoms in total. The zero-order chi connectivity index (χ0) is 27.9. The van der Waals surface area contributed by atoms with Crippen LogP contribution < -0.4 is 4.74 Å². The summed E-state index contributed by atoms with van der Waals surface area (Å²) < 4.78 is 5.85. The average molecular weight is 557 g/mol. The Labute approximate surface area is 234 Å². The standard InChI is InChI=1S/C30H37ClN2O6/c1-20(23-7-9-26(31)10-8-23)32(17-21-2-5-24(6-3-21)30(37)38)18-22-4-11-27(25(16-22)19-34)39-15-14-33-28(35)12-13-29(33)36/h4,7-11,16,20-21,24,34H,2-3,5-6,12-15,17-19H2,1H3,(H,37,38)/t20-,21-,24-/m0/s1. The third-order valence-electron chi connectivity index (χ3n) is 8.00. The number of hydrogen-bond donors (Lipinski definition) is 2. The van der Waals surface area contributed by atoms with Gasteiger partial charge in [-0.2, -0.15) is 0 Å². The molecule has 9 heteroatoms. The minimum absolute atomic E-state index is 0.100. The predicted octanol–water partition coefficient (Wildman–Crippen LogP) is 4.81. The number of hydrogen-bond acceptors (Lipinski definition) is 6. The molecule has 0 unspecified atom stereocenters. The molecule has 2 amide bonds. The number of carbonyl (C=O) groups is 3. The molecule has 2 fully saturated rings. The molecule has 0 bridgehead atoms. The van der Waals surface area contributed by atoms with E-state index in [-0.39, 0.29) is 56.4 Å². The topological polar surface area (TPSA) is 107 Å². The number of aliphatic hydroxyl groups excluding tert-OH is 1. The second-order valence-corrected chi connectivity index (χ2v) is 11.0. The lowest BCUT2D eigenvalue weighted by atomic mass is 9.81. The van der Waals surface area contributed by atoms with E-state index < -0.39 is 5.97 Å². The quantitative estimate of drug-likeness (QED) is 0.361. The molecule has 210 valence electrons. The molecule has 0 spiro atoms. The van der Waals surface area contributed by atoms with Gasteiger partial charge in [0, 0.05) is 42.6 Å². The Bertz CT molecular complexity index is 1150. The summed E-state index contributed by atoms with van der Waals surface area (Å²) in [5.41, 5.74) is 2.82. The van der Waals surface area contributed by atoms with Gasteiger partial charge in [0.25, 0.3) is 0 Å². The lowest BCUT2D eigenvalue weighted by Gasteiger charge is -2.35. The number of benzene rings is 2. The number of amides is 2. The van der Waals surface area contributed by atoms with Crippen LogP contribution in [-0.4, -0.2) is 57.5 Å². The molecule has 39 heavy (non-hydrogen) atoms. The fourth-order valence-corrected chi connectivity index (χ4v) is 5.71. The van der Waals surface area contributed by atoms with E-state index in [1.54, 1.807) is 0 Å². The highest BCUT2D eigenvalue weighted by Gasteiger charge is 2.30. The Morgan fingerprint density at radius 2 is 1.74 bits per heavy atom. The number of likely N-dealkylation sites (tertiary alicyclic amines) is 1. The molecule has 2 N–H and O–H groups in total. The second kappa shape index (κ2) is 13.4. The van der Waals surface area contributed by atoms with Crippen molar-refractivity contribution in [2.75, 3.05) is 19.7 Å². The van der Waals surface area contributed by atoms with E-state index in [1.165, 1.54) is 4.90 Å². The van der Waals surface area contributed by atoms with E-state index in [0.29, 0.717) is 41.6 Å². The monoisotopic (exact) mass is 556 g/mol. The van der Waals surface area contributed by atoms with E-state index in [9.17, 15) is 24.6 Å². The third-order valence-corrected chi connectivity index (χ3v) is 8.25. The van der Waals surface area contributed by atoms with E-state index in [0.717, 1.165) is 30.5 Å². The van der Waals surface area contributed by atoms with E-state index in [4.69, 9.17) is 16.3 Å². The first-order valence-electron chi connectivity index (χ1n) is 13.7. The van der Waals surface area contributed by atoms with Crippen LogP contribution in [0.15, 0.2) is 42.5 Å². The van der Waals surface area contributed by atoms with Crippen LogP contribution >= 0.6 is 11.6 Å². The Kier molecular flexibility index (Phi) is 9.99. The highest BCUT2D eigenvalue weighted by molar-refractivity contribution is 6.30. The van der Waals surface area contributed by atoms with Gasteiger partial charge in [-0.3, -0.25) is 24.2 Å². The van der Waals surface area contributed by atoms with E-state index >= 15 is 0 Å². The molecule has 1 aliphatic heterocycles. The van der Waals surface area contributed by atoms with Gasteiger partial charge in [-0.1, -0.05) is 29.8 Å². The van der Waals surface area contributed by atoms with Crippen LogP contribution in [0.3, 0.4) is 0 Å². The summed E-state index contributed by atoms with van der Waals surface area (Å²) in [5, 5.41) is 20.1. The Morgan fingerprint density at radius 1 is 1.08 bits per heavy atom. The average Bonchev–Trinajstić information content (AvgIpc) is 3.26. The molecular weight excluding hydrogens is 520 g/mol. The normalized spacial score (nSPS) is 20.5. The second-order valence-electron chi connectivity index (χ2n) is 10.6. The summed E-state index contributed by atoms with van der Waals surface area (Å²) in [6.07, 6.45) is 3.69. The van der Waals surface area contributed by atoms with Crippen LogP contribution in [0.25, 0.3) is 0 Å². The molecule has 1 heterocycles. The first kappa shape index (κ1) is 29.1. The number of imide groups is 1. The Hall–Kier alpha value is -2.94. The largest absolute Gasteiger partial charge is 0.491 e. The van der Waals surface area contributed by atoms with Crippen molar-refractivity contribution in [1.82, 2.24) is 9.80 Å². The molecule has 2 aromatic carbocycles. The molecular formula is C30H37ClN2O6. The molecule has 0 radical (unpaired) electrons. The van der Waals surface area contributed by atoms with Gasteiger partial charge in [-0.25, -0.2) is 0 Å². The van der Waals surface area contributed by atoms with Crippen molar-refractivity contribution in [3.05, 3.63) is 64.2 Å².